The lowest BCUT2D eigenvalue weighted by Crippen LogP contribution is -2.51. The van der Waals surface area contributed by atoms with Crippen molar-refractivity contribution < 1.29 is 9.47 Å². The normalized spacial score (nSPS) is 23.0. The summed E-state index contributed by atoms with van der Waals surface area (Å²) in [6, 6.07) is 6.45. The molecule has 110 valence electrons. The van der Waals surface area contributed by atoms with Crippen LogP contribution in [0.25, 0.3) is 0 Å². The van der Waals surface area contributed by atoms with E-state index in [1.807, 2.05) is 6.07 Å². The van der Waals surface area contributed by atoms with E-state index in [-0.39, 0.29) is 17.6 Å². The maximum absolute atomic E-state index is 6.16. The number of nitrogens with two attached hydrogens (primary N) is 1. The van der Waals surface area contributed by atoms with Crippen molar-refractivity contribution in [1.82, 2.24) is 4.90 Å². The van der Waals surface area contributed by atoms with Crippen LogP contribution in [0.1, 0.15) is 25.3 Å². The third-order valence-electron chi connectivity index (χ3n) is 4.72. The van der Waals surface area contributed by atoms with Crippen LogP contribution in [0.3, 0.4) is 0 Å². The second-order valence-corrected chi connectivity index (χ2v) is 6.27. The molecule has 0 bridgehead atoms. The SMILES string of the molecule is COc1ccc(C2(C(C)N)CC2)cc1OC1CN(C)C1. The van der Waals surface area contributed by atoms with E-state index in [1.54, 1.807) is 7.11 Å². The minimum atomic E-state index is 0.154. The minimum Gasteiger partial charge on any atom is -0.493 e. The van der Waals surface area contributed by atoms with Gasteiger partial charge in [0.05, 0.1) is 7.11 Å². The summed E-state index contributed by atoms with van der Waals surface area (Å²) < 4.78 is 11.5. The summed E-state index contributed by atoms with van der Waals surface area (Å²) in [6.07, 6.45) is 2.61. The number of ether oxygens (including phenoxy) is 2. The summed E-state index contributed by atoms with van der Waals surface area (Å²) in [5.74, 6) is 1.67. The van der Waals surface area contributed by atoms with E-state index in [0.29, 0.717) is 0 Å². The molecule has 4 heteroatoms. The summed E-state index contributed by atoms with van der Waals surface area (Å²) in [4.78, 5) is 2.24. The van der Waals surface area contributed by atoms with Crippen molar-refractivity contribution in [3.63, 3.8) is 0 Å². The van der Waals surface area contributed by atoms with Gasteiger partial charge in [-0.05, 0) is 44.5 Å². The van der Waals surface area contributed by atoms with Crippen LogP contribution in [-0.2, 0) is 5.41 Å². The molecule has 1 aromatic carbocycles. The fraction of sp³-hybridized carbons (Fsp3) is 0.625. The second-order valence-electron chi connectivity index (χ2n) is 6.27. The molecular formula is C16H24N2O2. The Hall–Kier alpha value is -1.26. The van der Waals surface area contributed by atoms with Crippen molar-refractivity contribution in [2.24, 2.45) is 5.73 Å². The van der Waals surface area contributed by atoms with E-state index in [2.05, 4.69) is 31.0 Å². The third-order valence-corrected chi connectivity index (χ3v) is 4.72. The van der Waals surface area contributed by atoms with Crippen LogP contribution in [0, 0.1) is 0 Å². The number of rotatable bonds is 5. The molecule has 1 heterocycles. The Labute approximate surface area is 120 Å². The molecule has 2 aliphatic rings. The maximum Gasteiger partial charge on any atom is 0.162 e. The number of likely N-dealkylation sites (N-methyl/N-ethyl adjacent to an activating group) is 1. The number of nitrogens with zero attached hydrogens (tertiary/aromatic N) is 1. The van der Waals surface area contributed by atoms with Crippen LogP contribution in [0.2, 0.25) is 0 Å². The van der Waals surface area contributed by atoms with E-state index >= 15 is 0 Å². The van der Waals surface area contributed by atoms with Gasteiger partial charge in [-0.2, -0.15) is 0 Å². The molecule has 20 heavy (non-hydrogen) atoms. The van der Waals surface area contributed by atoms with E-state index in [4.69, 9.17) is 15.2 Å². The van der Waals surface area contributed by atoms with Crippen molar-refractivity contribution >= 4 is 0 Å². The Bertz CT molecular complexity index is 491. The highest BCUT2D eigenvalue weighted by Crippen LogP contribution is 2.51. The van der Waals surface area contributed by atoms with Gasteiger partial charge >= 0.3 is 0 Å². The van der Waals surface area contributed by atoms with E-state index < -0.39 is 0 Å². The maximum atomic E-state index is 6.16. The van der Waals surface area contributed by atoms with Gasteiger partial charge in [-0.25, -0.2) is 0 Å². The monoisotopic (exact) mass is 276 g/mol. The standard InChI is InChI=1S/C16H24N2O2/c1-11(17)16(6-7-16)12-4-5-14(19-3)15(8-12)20-13-9-18(2)10-13/h4-5,8,11,13H,6-7,9-10,17H2,1-3H3. The highest BCUT2D eigenvalue weighted by molar-refractivity contribution is 5.47. The Morgan fingerprint density at radius 1 is 1.30 bits per heavy atom. The van der Waals surface area contributed by atoms with Crippen LogP contribution in [0.15, 0.2) is 18.2 Å². The Kier molecular flexibility index (Phi) is 3.38. The number of likely N-dealkylation sites (tertiary alicyclic amines) is 1. The highest BCUT2D eigenvalue weighted by Gasteiger charge is 2.47. The quantitative estimate of drug-likeness (QED) is 0.890. The summed E-state index contributed by atoms with van der Waals surface area (Å²) in [5, 5.41) is 0. The van der Waals surface area contributed by atoms with Gasteiger partial charge in [0, 0.05) is 24.5 Å². The minimum absolute atomic E-state index is 0.154. The van der Waals surface area contributed by atoms with Gasteiger partial charge in [0.2, 0.25) is 0 Å². The average molecular weight is 276 g/mol. The van der Waals surface area contributed by atoms with Gasteiger partial charge in [-0.15, -0.1) is 0 Å². The lowest BCUT2D eigenvalue weighted by molar-refractivity contribution is 0.0369. The predicted octanol–water partition coefficient (Wildman–Crippen LogP) is 1.77. The number of hydrogen-bond donors (Lipinski definition) is 1. The molecule has 0 aromatic heterocycles. The first-order valence-corrected chi connectivity index (χ1v) is 7.34. The molecule has 3 rings (SSSR count). The predicted molar refractivity (Wildman–Crippen MR) is 79.5 cm³/mol. The number of benzene rings is 1. The summed E-state index contributed by atoms with van der Waals surface area (Å²) in [6.45, 7) is 4.05. The molecule has 4 nitrogen and oxygen atoms in total. The van der Waals surface area contributed by atoms with Gasteiger partial charge in [0.15, 0.2) is 11.5 Å². The average Bonchev–Trinajstić information content (AvgIpc) is 3.18. The molecule has 0 radical (unpaired) electrons. The Morgan fingerprint density at radius 3 is 2.50 bits per heavy atom. The van der Waals surface area contributed by atoms with Crippen LogP contribution < -0.4 is 15.2 Å². The van der Waals surface area contributed by atoms with Crippen molar-refractivity contribution in [1.29, 1.82) is 0 Å². The lowest BCUT2D eigenvalue weighted by atomic mass is 9.89. The summed E-state index contributed by atoms with van der Waals surface area (Å²) >= 11 is 0. The largest absolute Gasteiger partial charge is 0.493 e. The van der Waals surface area contributed by atoms with E-state index in [1.165, 1.54) is 18.4 Å². The first-order chi connectivity index (χ1) is 9.55. The van der Waals surface area contributed by atoms with Crippen LogP contribution in [0.5, 0.6) is 11.5 Å². The van der Waals surface area contributed by atoms with Gasteiger partial charge in [0.1, 0.15) is 6.10 Å². The van der Waals surface area contributed by atoms with Gasteiger partial charge < -0.3 is 15.2 Å². The highest BCUT2D eigenvalue weighted by atomic mass is 16.5. The molecule has 0 amide bonds. The van der Waals surface area contributed by atoms with Crippen molar-refractivity contribution in [2.45, 2.75) is 37.3 Å². The molecule has 1 aliphatic heterocycles. The first kappa shape index (κ1) is 13.7. The molecule has 1 aliphatic carbocycles. The van der Waals surface area contributed by atoms with Crippen molar-refractivity contribution in [3.05, 3.63) is 23.8 Å². The molecule has 1 unspecified atom stereocenters. The molecule has 1 saturated carbocycles. The molecule has 1 atom stereocenters. The smallest absolute Gasteiger partial charge is 0.162 e. The zero-order valence-electron chi connectivity index (χ0n) is 12.6. The van der Waals surface area contributed by atoms with E-state index in [0.717, 1.165) is 24.6 Å². The summed E-state index contributed by atoms with van der Waals surface area (Å²) in [5.41, 5.74) is 7.60. The lowest BCUT2D eigenvalue weighted by Gasteiger charge is -2.36. The molecular weight excluding hydrogens is 252 g/mol. The van der Waals surface area contributed by atoms with Gasteiger partial charge in [-0.1, -0.05) is 6.07 Å². The zero-order chi connectivity index (χ0) is 14.3. The molecule has 1 aromatic rings. The van der Waals surface area contributed by atoms with Crippen LogP contribution >= 0.6 is 0 Å². The first-order valence-electron chi connectivity index (χ1n) is 7.34. The fourth-order valence-corrected chi connectivity index (χ4v) is 3.12. The topological polar surface area (TPSA) is 47.7 Å². The number of hydrogen-bond acceptors (Lipinski definition) is 4. The summed E-state index contributed by atoms with van der Waals surface area (Å²) in [7, 11) is 3.79. The fourth-order valence-electron chi connectivity index (χ4n) is 3.12. The third kappa shape index (κ3) is 2.27. The van der Waals surface area contributed by atoms with Gasteiger partial charge in [0.25, 0.3) is 0 Å². The second kappa shape index (κ2) is 4.93. The van der Waals surface area contributed by atoms with Crippen molar-refractivity contribution in [2.75, 3.05) is 27.2 Å². The van der Waals surface area contributed by atoms with Gasteiger partial charge in [-0.3, -0.25) is 4.90 Å². The van der Waals surface area contributed by atoms with Crippen LogP contribution in [-0.4, -0.2) is 44.3 Å². The van der Waals surface area contributed by atoms with Crippen molar-refractivity contribution in [3.8, 4) is 11.5 Å². The Morgan fingerprint density at radius 2 is 2.00 bits per heavy atom. The molecule has 2 N–H and O–H groups in total. The number of methoxy groups -OCH3 is 1. The van der Waals surface area contributed by atoms with E-state index in [9.17, 15) is 0 Å². The Balaban J connectivity index is 1.83. The molecule has 2 fully saturated rings. The molecule has 0 spiro atoms. The van der Waals surface area contributed by atoms with Crippen LogP contribution in [0.4, 0.5) is 0 Å². The zero-order valence-corrected chi connectivity index (χ0v) is 12.6. The molecule has 1 saturated heterocycles.